The van der Waals surface area contributed by atoms with Crippen LogP contribution in [0.2, 0.25) is 0 Å². The average Bonchev–Trinajstić information content (AvgIpc) is 3.21. The molecular formula is C16H20N4O4S. The molecule has 2 aromatic rings. The highest BCUT2D eigenvalue weighted by atomic mass is 32.2. The molecule has 2 aliphatic heterocycles. The SMILES string of the molecule is CS(=O)(=O)N1C[C@@H](c2nc(-c3cccnc3)no2)C2(CCOCC2)C1. The summed E-state index contributed by atoms with van der Waals surface area (Å²) in [4.78, 5) is 8.62. The molecule has 1 spiro atoms. The Morgan fingerprint density at radius 1 is 1.32 bits per heavy atom. The van der Waals surface area contributed by atoms with Crippen molar-refractivity contribution in [1.82, 2.24) is 19.4 Å². The molecule has 0 saturated carbocycles. The zero-order chi connectivity index (χ0) is 17.5. The zero-order valence-electron chi connectivity index (χ0n) is 14.0. The van der Waals surface area contributed by atoms with Crippen molar-refractivity contribution in [2.45, 2.75) is 18.8 Å². The van der Waals surface area contributed by atoms with Gasteiger partial charge in [0.15, 0.2) is 0 Å². The van der Waals surface area contributed by atoms with E-state index in [1.807, 2.05) is 12.1 Å². The second-order valence-corrected chi connectivity index (χ2v) is 8.76. The fraction of sp³-hybridized carbons (Fsp3) is 0.562. The van der Waals surface area contributed by atoms with Gasteiger partial charge in [0.25, 0.3) is 0 Å². The average molecular weight is 364 g/mol. The summed E-state index contributed by atoms with van der Waals surface area (Å²) < 4.78 is 36.7. The van der Waals surface area contributed by atoms with Gasteiger partial charge in [0, 0.05) is 49.7 Å². The maximum absolute atomic E-state index is 12.1. The van der Waals surface area contributed by atoms with Crippen LogP contribution in [0.3, 0.4) is 0 Å². The van der Waals surface area contributed by atoms with Crippen LogP contribution in [0.25, 0.3) is 11.4 Å². The molecular weight excluding hydrogens is 344 g/mol. The number of pyridine rings is 1. The van der Waals surface area contributed by atoms with E-state index in [4.69, 9.17) is 9.26 Å². The molecule has 0 N–H and O–H groups in total. The lowest BCUT2D eigenvalue weighted by Gasteiger charge is -2.36. The van der Waals surface area contributed by atoms with Crippen LogP contribution in [-0.4, -0.2) is 60.4 Å². The molecule has 0 amide bonds. The van der Waals surface area contributed by atoms with E-state index in [2.05, 4.69) is 15.1 Å². The van der Waals surface area contributed by atoms with Gasteiger partial charge >= 0.3 is 0 Å². The van der Waals surface area contributed by atoms with Crippen molar-refractivity contribution >= 4 is 10.0 Å². The monoisotopic (exact) mass is 364 g/mol. The molecule has 0 aliphatic carbocycles. The zero-order valence-corrected chi connectivity index (χ0v) is 14.8. The van der Waals surface area contributed by atoms with E-state index in [0.29, 0.717) is 38.0 Å². The maximum atomic E-state index is 12.1. The van der Waals surface area contributed by atoms with Crippen LogP contribution in [0.15, 0.2) is 29.0 Å². The second kappa shape index (κ2) is 6.15. The van der Waals surface area contributed by atoms with Crippen molar-refractivity contribution in [2.75, 3.05) is 32.6 Å². The van der Waals surface area contributed by atoms with Gasteiger partial charge < -0.3 is 9.26 Å². The summed E-state index contributed by atoms with van der Waals surface area (Å²) >= 11 is 0. The smallest absolute Gasteiger partial charge is 0.232 e. The minimum Gasteiger partial charge on any atom is -0.381 e. The van der Waals surface area contributed by atoms with Gasteiger partial charge in [0.1, 0.15) is 0 Å². The summed E-state index contributed by atoms with van der Waals surface area (Å²) in [6.07, 6.45) is 6.18. The van der Waals surface area contributed by atoms with Gasteiger partial charge in [-0.15, -0.1) is 0 Å². The Hall–Kier alpha value is -1.84. The standard InChI is InChI=1S/C16H20N4O4S/c1-25(21,22)20-10-13(16(11-20)4-7-23-8-5-16)15-18-14(19-24-15)12-3-2-6-17-9-12/h2-3,6,9,13H,4-5,7-8,10-11H2,1H3/t13-/m0/s1. The molecule has 4 heterocycles. The molecule has 4 rings (SSSR count). The second-order valence-electron chi connectivity index (χ2n) is 6.78. The highest BCUT2D eigenvalue weighted by Crippen LogP contribution is 2.49. The van der Waals surface area contributed by atoms with Crippen LogP contribution in [-0.2, 0) is 14.8 Å². The normalized spacial score (nSPS) is 24.0. The van der Waals surface area contributed by atoms with Crippen LogP contribution in [0.1, 0.15) is 24.7 Å². The lowest BCUT2D eigenvalue weighted by atomic mass is 9.72. The van der Waals surface area contributed by atoms with E-state index in [-0.39, 0.29) is 11.3 Å². The third kappa shape index (κ3) is 3.07. The van der Waals surface area contributed by atoms with Crippen molar-refractivity contribution < 1.29 is 17.7 Å². The maximum Gasteiger partial charge on any atom is 0.232 e. The number of ether oxygens (including phenoxy) is 1. The first kappa shape index (κ1) is 16.6. The molecule has 0 radical (unpaired) electrons. The molecule has 2 fully saturated rings. The number of rotatable bonds is 3. The molecule has 0 aromatic carbocycles. The number of nitrogens with zero attached hydrogens (tertiary/aromatic N) is 4. The highest BCUT2D eigenvalue weighted by molar-refractivity contribution is 7.88. The van der Waals surface area contributed by atoms with E-state index in [1.165, 1.54) is 10.6 Å². The van der Waals surface area contributed by atoms with E-state index in [1.54, 1.807) is 12.4 Å². The fourth-order valence-electron chi connectivity index (χ4n) is 3.79. The molecule has 8 nitrogen and oxygen atoms in total. The highest BCUT2D eigenvalue weighted by Gasteiger charge is 2.52. The minimum absolute atomic E-state index is 0.121. The summed E-state index contributed by atoms with van der Waals surface area (Å²) in [6, 6.07) is 3.68. The summed E-state index contributed by atoms with van der Waals surface area (Å²) in [5.41, 5.74) is 0.566. The third-order valence-electron chi connectivity index (χ3n) is 5.23. The van der Waals surface area contributed by atoms with E-state index >= 15 is 0 Å². The number of hydrogen-bond donors (Lipinski definition) is 0. The van der Waals surface area contributed by atoms with Crippen molar-refractivity contribution in [3.8, 4) is 11.4 Å². The van der Waals surface area contributed by atoms with Crippen molar-refractivity contribution in [1.29, 1.82) is 0 Å². The Kier molecular flexibility index (Phi) is 4.09. The van der Waals surface area contributed by atoms with Gasteiger partial charge in [-0.2, -0.15) is 4.98 Å². The van der Waals surface area contributed by atoms with E-state index in [0.717, 1.165) is 18.4 Å². The largest absolute Gasteiger partial charge is 0.381 e. The Labute approximate surface area is 146 Å². The number of hydrogen-bond acceptors (Lipinski definition) is 7. The van der Waals surface area contributed by atoms with Gasteiger partial charge in [-0.3, -0.25) is 4.98 Å². The molecule has 0 bridgehead atoms. The summed E-state index contributed by atoms with van der Waals surface area (Å²) in [5.74, 6) is 0.846. The first-order valence-electron chi connectivity index (χ1n) is 8.25. The van der Waals surface area contributed by atoms with Crippen LogP contribution >= 0.6 is 0 Å². The van der Waals surface area contributed by atoms with E-state index < -0.39 is 10.0 Å². The predicted molar refractivity (Wildman–Crippen MR) is 89.2 cm³/mol. The van der Waals surface area contributed by atoms with Crippen molar-refractivity contribution in [3.63, 3.8) is 0 Å². The Bertz CT molecular complexity index is 846. The molecule has 2 aromatic heterocycles. The third-order valence-corrected chi connectivity index (χ3v) is 6.45. The van der Waals surface area contributed by atoms with Crippen molar-refractivity contribution in [3.05, 3.63) is 30.4 Å². The topological polar surface area (TPSA) is 98.4 Å². The molecule has 1 atom stereocenters. The quantitative estimate of drug-likeness (QED) is 0.809. The molecule has 2 aliphatic rings. The Morgan fingerprint density at radius 2 is 2.12 bits per heavy atom. The van der Waals surface area contributed by atoms with Gasteiger partial charge in [0.2, 0.25) is 21.7 Å². The van der Waals surface area contributed by atoms with Gasteiger partial charge in [0.05, 0.1) is 12.2 Å². The molecule has 134 valence electrons. The first-order chi connectivity index (χ1) is 12.0. The molecule has 0 unspecified atom stereocenters. The van der Waals surface area contributed by atoms with Gasteiger partial charge in [-0.25, -0.2) is 12.7 Å². The van der Waals surface area contributed by atoms with Gasteiger partial charge in [-0.1, -0.05) is 5.16 Å². The fourth-order valence-corrected chi connectivity index (χ4v) is 4.70. The molecule has 25 heavy (non-hydrogen) atoms. The molecule has 9 heteroatoms. The van der Waals surface area contributed by atoms with E-state index in [9.17, 15) is 8.42 Å². The number of aromatic nitrogens is 3. The lowest BCUT2D eigenvalue weighted by molar-refractivity contribution is 0.0104. The van der Waals surface area contributed by atoms with Crippen LogP contribution in [0.5, 0.6) is 0 Å². The summed E-state index contributed by atoms with van der Waals surface area (Å²) in [6.45, 7) is 2.09. The number of sulfonamides is 1. The molecule has 2 saturated heterocycles. The summed E-state index contributed by atoms with van der Waals surface area (Å²) in [5, 5.41) is 4.07. The minimum atomic E-state index is -3.27. The van der Waals surface area contributed by atoms with Gasteiger partial charge in [-0.05, 0) is 25.0 Å². The Morgan fingerprint density at radius 3 is 2.80 bits per heavy atom. The first-order valence-corrected chi connectivity index (χ1v) is 10.1. The lowest BCUT2D eigenvalue weighted by Crippen LogP contribution is -2.37. The van der Waals surface area contributed by atoms with Crippen LogP contribution < -0.4 is 0 Å². The predicted octanol–water partition coefficient (Wildman–Crippen LogP) is 1.29. The Balaban J connectivity index is 1.68. The summed E-state index contributed by atoms with van der Waals surface area (Å²) in [7, 11) is -3.27. The van der Waals surface area contributed by atoms with Crippen molar-refractivity contribution in [2.24, 2.45) is 5.41 Å². The van der Waals surface area contributed by atoms with Crippen LogP contribution in [0, 0.1) is 5.41 Å². The van der Waals surface area contributed by atoms with Crippen LogP contribution in [0.4, 0.5) is 0 Å².